The summed E-state index contributed by atoms with van der Waals surface area (Å²) >= 11 is 0. The van der Waals surface area contributed by atoms with Crippen molar-refractivity contribution in [1.29, 1.82) is 0 Å². The Labute approximate surface area is 184 Å². The van der Waals surface area contributed by atoms with Crippen LogP contribution in [0.3, 0.4) is 0 Å². The Morgan fingerprint density at radius 1 is 1.29 bits per heavy atom. The van der Waals surface area contributed by atoms with Crippen molar-refractivity contribution in [2.75, 3.05) is 6.61 Å². The number of cyclic esters (lactones) is 1. The lowest BCUT2D eigenvalue weighted by atomic mass is 10.0. The summed E-state index contributed by atoms with van der Waals surface area (Å²) in [6.45, 7) is 9.60. The molecule has 0 unspecified atom stereocenters. The zero-order chi connectivity index (χ0) is 23.0. The smallest absolute Gasteiger partial charge is 0.417 e. The summed E-state index contributed by atoms with van der Waals surface area (Å²) < 4.78 is 10.2. The highest BCUT2D eigenvalue weighted by Crippen LogP contribution is 2.19. The monoisotopic (exact) mass is 428 g/mol. The van der Waals surface area contributed by atoms with Gasteiger partial charge in [-0.1, -0.05) is 43.3 Å². The van der Waals surface area contributed by atoms with Gasteiger partial charge in [-0.05, 0) is 63.7 Å². The van der Waals surface area contributed by atoms with E-state index in [-0.39, 0.29) is 24.1 Å². The van der Waals surface area contributed by atoms with Crippen LogP contribution in [0.1, 0.15) is 46.6 Å². The van der Waals surface area contributed by atoms with Crippen LogP contribution in [0.15, 0.2) is 54.3 Å². The number of ether oxygens (including phenoxy) is 2. The molecule has 31 heavy (non-hydrogen) atoms. The molecule has 7 nitrogen and oxygen atoms in total. The quantitative estimate of drug-likeness (QED) is 0.507. The van der Waals surface area contributed by atoms with Crippen LogP contribution < -0.4 is 5.32 Å². The Morgan fingerprint density at radius 2 is 1.97 bits per heavy atom. The molecule has 1 aromatic rings. The average Bonchev–Trinajstić information content (AvgIpc) is 3.04. The lowest BCUT2D eigenvalue weighted by molar-refractivity contribution is -0.124. The first-order chi connectivity index (χ1) is 14.5. The van der Waals surface area contributed by atoms with Crippen molar-refractivity contribution in [3.63, 3.8) is 0 Å². The Bertz CT molecular complexity index is 839. The van der Waals surface area contributed by atoms with Crippen molar-refractivity contribution in [2.24, 2.45) is 5.92 Å². The van der Waals surface area contributed by atoms with Crippen LogP contribution in [0, 0.1) is 5.92 Å². The van der Waals surface area contributed by atoms with Crippen molar-refractivity contribution in [1.82, 2.24) is 10.2 Å². The van der Waals surface area contributed by atoms with Gasteiger partial charge in [0.25, 0.3) is 5.91 Å². The van der Waals surface area contributed by atoms with Gasteiger partial charge in [0.05, 0.1) is 12.3 Å². The van der Waals surface area contributed by atoms with Gasteiger partial charge in [-0.2, -0.15) is 0 Å². The topological polar surface area (TPSA) is 84.9 Å². The van der Waals surface area contributed by atoms with E-state index < -0.39 is 18.1 Å². The fourth-order valence-corrected chi connectivity index (χ4v) is 3.21. The van der Waals surface area contributed by atoms with Crippen LogP contribution in [-0.4, -0.2) is 41.2 Å². The molecule has 0 spiro atoms. The van der Waals surface area contributed by atoms with Crippen molar-refractivity contribution < 1.29 is 23.9 Å². The molecule has 0 radical (unpaired) electrons. The normalized spacial score (nSPS) is 18.1. The molecular weight excluding hydrogens is 396 g/mol. The highest BCUT2D eigenvalue weighted by molar-refractivity contribution is 5.99. The van der Waals surface area contributed by atoms with E-state index in [9.17, 15) is 14.4 Å². The Kier molecular flexibility index (Phi) is 8.42. The summed E-state index contributed by atoms with van der Waals surface area (Å²) in [5.74, 6) is -0.376. The van der Waals surface area contributed by atoms with E-state index in [1.54, 1.807) is 6.08 Å². The van der Waals surface area contributed by atoms with Crippen LogP contribution in [0.4, 0.5) is 9.59 Å². The third-order valence-corrected chi connectivity index (χ3v) is 4.57. The van der Waals surface area contributed by atoms with Gasteiger partial charge < -0.3 is 14.8 Å². The molecule has 1 aliphatic rings. The second-order valence-electron chi connectivity index (χ2n) is 8.91. The molecule has 1 heterocycles. The number of rotatable bonds is 7. The second-order valence-corrected chi connectivity index (χ2v) is 8.91. The molecule has 0 aliphatic carbocycles. The Morgan fingerprint density at radius 3 is 2.61 bits per heavy atom. The number of benzene rings is 1. The standard InChI is InChI=1S/C24H32N2O5/c1-17(13-18(2)15-30-22(28)25-24(3,4)5)11-12-21(27)26-20(16-31-23(26)29)14-19-9-7-6-8-10-19/h6-12,15,17,20H,13-14,16H2,1-5H3,(H,25,28)/b12-11+,18-15-/t17-,20+/m1/s1. The molecule has 1 saturated heterocycles. The maximum Gasteiger partial charge on any atom is 0.417 e. The van der Waals surface area contributed by atoms with E-state index in [1.165, 1.54) is 17.2 Å². The van der Waals surface area contributed by atoms with E-state index >= 15 is 0 Å². The van der Waals surface area contributed by atoms with Crippen molar-refractivity contribution in [3.05, 3.63) is 59.9 Å². The van der Waals surface area contributed by atoms with E-state index in [0.717, 1.165) is 11.1 Å². The first kappa shape index (κ1) is 24.2. The fourth-order valence-electron chi connectivity index (χ4n) is 3.21. The molecule has 0 bridgehead atoms. The maximum atomic E-state index is 12.6. The first-order valence-electron chi connectivity index (χ1n) is 10.4. The molecule has 0 saturated carbocycles. The van der Waals surface area contributed by atoms with E-state index in [0.29, 0.717) is 12.8 Å². The van der Waals surface area contributed by atoms with Crippen molar-refractivity contribution in [3.8, 4) is 0 Å². The molecule has 168 valence electrons. The lowest BCUT2D eigenvalue weighted by Crippen LogP contribution is -2.40. The number of allylic oxidation sites excluding steroid dienone is 2. The van der Waals surface area contributed by atoms with Gasteiger partial charge in [-0.3, -0.25) is 4.79 Å². The number of hydrogen-bond acceptors (Lipinski definition) is 5. The summed E-state index contributed by atoms with van der Waals surface area (Å²) in [5, 5.41) is 2.71. The third kappa shape index (κ3) is 8.28. The van der Waals surface area contributed by atoms with Gasteiger partial charge in [-0.25, -0.2) is 14.5 Å². The van der Waals surface area contributed by atoms with Crippen LogP contribution in [0.2, 0.25) is 0 Å². The predicted octanol–water partition coefficient (Wildman–Crippen LogP) is 4.59. The minimum Gasteiger partial charge on any atom is -0.447 e. The fraction of sp³-hybridized carbons (Fsp3) is 0.458. The summed E-state index contributed by atoms with van der Waals surface area (Å²) in [4.78, 5) is 37.6. The minimum atomic E-state index is -0.613. The SMILES string of the molecule is C/C(=C/OC(=O)NC(C)(C)C)C[C@H](C)/C=C/C(=O)N1C(=O)OC[C@@H]1Cc1ccccc1. The number of hydrogen-bond donors (Lipinski definition) is 1. The van der Waals surface area contributed by atoms with Crippen molar-refractivity contribution in [2.45, 2.75) is 59.0 Å². The van der Waals surface area contributed by atoms with Crippen LogP contribution in [0.5, 0.6) is 0 Å². The molecule has 0 aromatic heterocycles. The average molecular weight is 429 g/mol. The van der Waals surface area contributed by atoms with Crippen molar-refractivity contribution >= 4 is 18.1 Å². The highest BCUT2D eigenvalue weighted by Gasteiger charge is 2.36. The van der Waals surface area contributed by atoms with E-state index in [1.807, 2.05) is 65.0 Å². The summed E-state index contributed by atoms with van der Waals surface area (Å²) in [5.41, 5.74) is 1.53. The Balaban J connectivity index is 1.89. The summed E-state index contributed by atoms with van der Waals surface area (Å²) in [6, 6.07) is 9.37. The second kappa shape index (κ2) is 10.8. The van der Waals surface area contributed by atoms with Crippen LogP contribution in [0.25, 0.3) is 0 Å². The number of imide groups is 1. The molecule has 3 amide bonds. The summed E-state index contributed by atoms with van der Waals surface area (Å²) in [6.07, 6.45) is 4.61. The number of carbonyl (C=O) groups excluding carboxylic acids is 3. The third-order valence-electron chi connectivity index (χ3n) is 4.57. The van der Waals surface area contributed by atoms with E-state index in [2.05, 4.69) is 5.32 Å². The minimum absolute atomic E-state index is 0.0145. The zero-order valence-electron chi connectivity index (χ0n) is 18.9. The number of amides is 3. The predicted molar refractivity (Wildman–Crippen MR) is 118 cm³/mol. The van der Waals surface area contributed by atoms with Gasteiger partial charge in [0.15, 0.2) is 0 Å². The number of nitrogens with zero attached hydrogens (tertiary/aromatic N) is 1. The number of carbonyl (C=O) groups is 3. The van der Waals surface area contributed by atoms with Gasteiger partial charge in [0, 0.05) is 5.54 Å². The lowest BCUT2D eigenvalue weighted by Gasteiger charge is -2.19. The number of nitrogens with one attached hydrogen (secondary N) is 1. The van der Waals surface area contributed by atoms with Gasteiger partial charge in [0.2, 0.25) is 0 Å². The largest absolute Gasteiger partial charge is 0.447 e. The summed E-state index contributed by atoms with van der Waals surface area (Å²) in [7, 11) is 0. The van der Waals surface area contributed by atoms with Crippen LogP contribution in [-0.2, 0) is 20.7 Å². The molecular formula is C24H32N2O5. The first-order valence-corrected chi connectivity index (χ1v) is 10.4. The molecule has 1 aliphatic heterocycles. The highest BCUT2D eigenvalue weighted by atomic mass is 16.6. The molecule has 2 atom stereocenters. The van der Waals surface area contributed by atoms with E-state index in [4.69, 9.17) is 9.47 Å². The molecule has 1 fully saturated rings. The Hall–Kier alpha value is -3.09. The molecule has 1 N–H and O–H groups in total. The number of alkyl carbamates (subject to hydrolysis) is 1. The maximum absolute atomic E-state index is 12.6. The van der Waals surface area contributed by atoms with Gasteiger partial charge in [-0.15, -0.1) is 0 Å². The molecule has 7 heteroatoms. The van der Waals surface area contributed by atoms with Crippen LogP contribution >= 0.6 is 0 Å². The van der Waals surface area contributed by atoms with Gasteiger partial charge >= 0.3 is 12.2 Å². The molecule has 1 aromatic carbocycles. The zero-order valence-corrected chi connectivity index (χ0v) is 18.9. The molecule has 2 rings (SSSR count). The van der Waals surface area contributed by atoms with Gasteiger partial charge in [0.1, 0.15) is 6.61 Å².